The molecule has 2 heterocycles. The fraction of sp³-hybridized carbons (Fsp3) is 0.167. The van der Waals surface area contributed by atoms with Gasteiger partial charge in [0.05, 0.1) is 9.86 Å². The number of rotatable bonds is 4. The first-order valence-corrected chi connectivity index (χ1v) is 8.99. The molecule has 0 amide bonds. The van der Waals surface area contributed by atoms with Crippen molar-refractivity contribution in [3.8, 4) is 17.3 Å². The quantitative estimate of drug-likeness (QED) is 0.399. The number of nitrogens with zero attached hydrogens (tertiary/aromatic N) is 3. The molecule has 0 fully saturated rings. The van der Waals surface area contributed by atoms with Crippen LogP contribution in [-0.2, 0) is 12.8 Å². The van der Waals surface area contributed by atoms with Crippen molar-refractivity contribution in [3.63, 3.8) is 0 Å². The summed E-state index contributed by atoms with van der Waals surface area (Å²) >= 11 is 3.28. The van der Waals surface area contributed by atoms with Crippen molar-refractivity contribution in [2.24, 2.45) is 0 Å². The number of tetrazole rings is 1. The van der Waals surface area contributed by atoms with Gasteiger partial charge in [-0.1, -0.05) is 12.1 Å². The number of nitrogens with one attached hydrogen (secondary N) is 1. The van der Waals surface area contributed by atoms with Crippen LogP contribution in [0.2, 0.25) is 0 Å². The van der Waals surface area contributed by atoms with E-state index < -0.39 is 6.68 Å². The van der Waals surface area contributed by atoms with Crippen LogP contribution in [0, 0.1) is 5.82 Å². The number of alkyl halides is 3. The van der Waals surface area contributed by atoms with E-state index in [1.807, 2.05) is 12.1 Å². The number of aryl methyl sites for hydroxylation is 2. The van der Waals surface area contributed by atoms with Gasteiger partial charge in [0.25, 0.3) is 0 Å². The van der Waals surface area contributed by atoms with Crippen LogP contribution in [-0.4, -0.2) is 32.4 Å². The van der Waals surface area contributed by atoms with E-state index in [9.17, 15) is 22.7 Å². The van der Waals surface area contributed by atoms with Crippen LogP contribution in [0.3, 0.4) is 0 Å². The number of benzene rings is 2. The molecular formula is C18H13BrF4N4O2. The first kappa shape index (κ1) is 20.8. The summed E-state index contributed by atoms with van der Waals surface area (Å²) < 4.78 is 50.0. The van der Waals surface area contributed by atoms with Crippen LogP contribution in [0.1, 0.15) is 11.1 Å². The number of hydrogen-bond donors (Lipinski definition) is 2. The highest BCUT2D eigenvalue weighted by Gasteiger charge is 2.15. The third-order valence-corrected chi connectivity index (χ3v) is 4.61. The van der Waals surface area contributed by atoms with Crippen molar-refractivity contribution in [1.29, 1.82) is 0 Å². The van der Waals surface area contributed by atoms with Crippen molar-refractivity contribution in [2.75, 3.05) is 0 Å². The van der Waals surface area contributed by atoms with Gasteiger partial charge in [-0.05, 0) is 69.4 Å². The van der Waals surface area contributed by atoms with Gasteiger partial charge in [-0.15, -0.1) is 10.2 Å². The molecule has 4 aromatic rings. The van der Waals surface area contributed by atoms with E-state index in [4.69, 9.17) is 4.42 Å². The van der Waals surface area contributed by atoms with Crippen LogP contribution < -0.4 is 0 Å². The highest BCUT2D eigenvalue weighted by atomic mass is 79.9. The first-order chi connectivity index (χ1) is 13.8. The van der Waals surface area contributed by atoms with Crippen molar-refractivity contribution < 1.29 is 27.1 Å². The molecule has 11 heteroatoms. The number of aromatic hydroxyl groups is 1. The van der Waals surface area contributed by atoms with Gasteiger partial charge in [-0.25, -0.2) is 4.39 Å². The van der Waals surface area contributed by atoms with E-state index in [1.165, 1.54) is 0 Å². The Kier molecular flexibility index (Phi) is 6.47. The topological polar surface area (TPSA) is 87.8 Å². The summed E-state index contributed by atoms with van der Waals surface area (Å²) in [4.78, 5) is 0. The maximum absolute atomic E-state index is 14.8. The van der Waals surface area contributed by atoms with E-state index in [0.29, 0.717) is 39.6 Å². The number of phenols is 1. The van der Waals surface area contributed by atoms with Gasteiger partial charge in [-0.3, -0.25) is 0 Å². The predicted octanol–water partition coefficient (Wildman–Crippen LogP) is 5.18. The number of fused-ring (bicyclic) bond motifs is 1. The molecule has 0 atom stereocenters. The number of aromatic amines is 1. The van der Waals surface area contributed by atoms with Crippen LogP contribution in [0.25, 0.3) is 22.6 Å². The Morgan fingerprint density at radius 2 is 1.86 bits per heavy atom. The highest BCUT2D eigenvalue weighted by Crippen LogP contribution is 2.30. The Bertz CT molecular complexity index is 1100. The molecule has 0 bridgehead atoms. The lowest BCUT2D eigenvalue weighted by molar-refractivity contribution is 0.00819. The molecule has 6 nitrogen and oxygen atoms in total. The second kappa shape index (κ2) is 9.03. The Morgan fingerprint density at radius 3 is 2.52 bits per heavy atom. The number of phenolic OH excluding ortho intramolecular Hbond substituents is 1. The van der Waals surface area contributed by atoms with Crippen molar-refractivity contribution in [1.82, 2.24) is 20.6 Å². The fourth-order valence-electron chi connectivity index (χ4n) is 2.68. The standard InChI is InChI=1S/C17H12BrFN4O2.CHF3/c18-12-7-9(2-5-13(12)24)1-3-10-4-6-14-11(16(10)19)8-15(25-14)17-20-22-23-21-17;2-1(3)4/h2,4-8,24H,1,3H2,(H,20,21,22,23);1H. The molecule has 2 N–H and O–H groups in total. The van der Waals surface area contributed by atoms with E-state index in [0.717, 1.165) is 5.56 Å². The summed E-state index contributed by atoms with van der Waals surface area (Å²) in [7, 11) is 0. The third-order valence-electron chi connectivity index (χ3n) is 3.98. The van der Waals surface area contributed by atoms with E-state index in [2.05, 4.69) is 36.6 Å². The number of hydrogen-bond acceptors (Lipinski definition) is 5. The lowest BCUT2D eigenvalue weighted by Crippen LogP contribution is -1.95. The highest BCUT2D eigenvalue weighted by molar-refractivity contribution is 9.10. The summed E-state index contributed by atoms with van der Waals surface area (Å²) in [5, 5.41) is 23.4. The molecule has 0 aliphatic carbocycles. The minimum Gasteiger partial charge on any atom is -0.507 e. The summed E-state index contributed by atoms with van der Waals surface area (Å²) in [6, 6.07) is 10.3. The van der Waals surface area contributed by atoms with Gasteiger partial charge in [0.2, 0.25) is 5.82 Å². The average Bonchev–Trinajstić information content (AvgIpc) is 3.33. The van der Waals surface area contributed by atoms with Crippen molar-refractivity contribution in [3.05, 3.63) is 57.8 Å². The molecule has 0 radical (unpaired) electrons. The molecular weight excluding hydrogens is 460 g/mol. The van der Waals surface area contributed by atoms with Crippen molar-refractivity contribution >= 4 is 26.9 Å². The lowest BCUT2D eigenvalue weighted by Gasteiger charge is -2.06. The minimum absolute atomic E-state index is 0.184. The molecule has 0 unspecified atom stereocenters. The summed E-state index contributed by atoms with van der Waals surface area (Å²) in [5.41, 5.74) is 2.04. The van der Waals surface area contributed by atoms with Gasteiger partial charge in [0.1, 0.15) is 17.1 Å². The SMILES string of the molecule is FC(F)F.Oc1ccc(CCc2ccc3oc(-c4nn[nH]n4)cc3c2F)cc1Br. The maximum Gasteiger partial charge on any atom is 0.379 e. The zero-order valence-electron chi connectivity index (χ0n) is 14.5. The van der Waals surface area contributed by atoms with Gasteiger partial charge in [-0.2, -0.15) is 18.4 Å². The van der Waals surface area contributed by atoms with E-state index in [-0.39, 0.29) is 17.4 Å². The monoisotopic (exact) mass is 472 g/mol. The molecule has 2 aromatic heterocycles. The Labute approximate surface area is 169 Å². The fourth-order valence-corrected chi connectivity index (χ4v) is 3.10. The summed E-state index contributed by atoms with van der Waals surface area (Å²) in [6.45, 7) is -3.67. The summed E-state index contributed by atoms with van der Waals surface area (Å²) in [5.74, 6) is 0.519. The third kappa shape index (κ3) is 5.11. The van der Waals surface area contributed by atoms with Crippen LogP contribution in [0.4, 0.5) is 17.6 Å². The molecule has 2 aromatic carbocycles. The smallest absolute Gasteiger partial charge is 0.379 e. The van der Waals surface area contributed by atoms with Crippen LogP contribution >= 0.6 is 15.9 Å². The molecule has 0 saturated heterocycles. The molecule has 152 valence electrons. The van der Waals surface area contributed by atoms with Gasteiger partial charge < -0.3 is 9.52 Å². The van der Waals surface area contributed by atoms with Crippen molar-refractivity contribution in [2.45, 2.75) is 19.5 Å². The molecule has 0 aliphatic rings. The van der Waals surface area contributed by atoms with Crippen LogP contribution in [0.15, 0.2) is 45.3 Å². The van der Waals surface area contributed by atoms with Crippen LogP contribution in [0.5, 0.6) is 5.75 Å². The molecule has 4 rings (SSSR count). The van der Waals surface area contributed by atoms with E-state index in [1.54, 1.807) is 24.3 Å². The van der Waals surface area contributed by atoms with Gasteiger partial charge >= 0.3 is 6.68 Å². The Balaban J connectivity index is 0.000000552. The second-order valence-corrected chi connectivity index (χ2v) is 6.68. The number of furan rings is 1. The predicted molar refractivity (Wildman–Crippen MR) is 99.7 cm³/mol. The number of H-pyrrole nitrogens is 1. The molecule has 0 saturated carbocycles. The number of aromatic nitrogens is 4. The second-order valence-electron chi connectivity index (χ2n) is 5.83. The molecule has 0 spiro atoms. The van der Waals surface area contributed by atoms with Gasteiger partial charge in [0, 0.05) is 0 Å². The van der Waals surface area contributed by atoms with E-state index >= 15 is 0 Å². The largest absolute Gasteiger partial charge is 0.507 e. The maximum atomic E-state index is 14.8. The lowest BCUT2D eigenvalue weighted by atomic mass is 10.0. The zero-order chi connectivity index (χ0) is 21.0. The zero-order valence-corrected chi connectivity index (χ0v) is 16.1. The Morgan fingerprint density at radius 1 is 1.10 bits per heavy atom. The summed E-state index contributed by atoms with van der Waals surface area (Å²) in [6.07, 6.45) is 1.18. The average molecular weight is 473 g/mol. The van der Waals surface area contributed by atoms with Gasteiger partial charge in [0.15, 0.2) is 5.76 Å². The Hall–Kier alpha value is -2.95. The first-order valence-electron chi connectivity index (χ1n) is 8.19. The normalized spacial score (nSPS) is 11.0. The number of halogens is 5. The minimum atomic E-state index is -3.67. The molecule has 29 heavy (non-hydrogen) atoms. The molecule has 0 aliphatic heterocycles.